The number of benzene rings is 2. The zero-order chi connectivity index (χ0) is 20.3. The highest BCUT2D eigenvalue weighted by Crippen LogP contribution is 2.27. The van der Waals surface area contributed by atoms with Crippen LogP contribution in [-0.2, 0) is 15.6 Å². The molecule has 152 valence electrons. The van der Waals surface area contributed by atoms with Crippen LogP contribution >= 0.6 is 11.8 Å². The second kappa shape index (κ2) is 8.78. The molecule has 2 aromatic carbocycles. The van der Waals surface area contributed by atoms with Gasteiger partial charge in [-0.2, -0.15) is 11.8 Å². The van der Waals surface area contributed by atoms with E-state index in [2.05, 4.69) is 46.7 Å². The number of H-pyrrole nitrogens is 1. The average Bonchev–Trinajstić information content (AvgIpc) is 3.14. The van der Waals surface area contributed by atoms with Crippen LogP contribution in [0.1, 0.15) is 24.0 Å². The molecule has 1 unspecified atom stereocenters. The van der Waals surface area contributed by atoms with E-state index in [0.29, 0.717) is 10.9 Å². The molecule has 0 radical (unpaired) electrons. The highest BCUT2D eigenvalue weighted by Gasteiger charge is 2.16. The fourth-order valence-corrected chi connectivity index (χ4v) is 5.48. The van der Waals surface area contributed by atoms with E-state index in [4.69, 9.17) is 0 Å². The summed E-state index contributed by atoms with van der Waals surface area (Å²) in [4.78, 5) is 3.63. The Labute approximate surface area is 176 Å². The first kappa shape index (κ1) is 20.3. The number of sulfone groups is 1. The van der Waals surface area contributed by atoms with Gasteiger partial charge in [0.25, 0.3) is 0 Å². The van der Waals surface area contributed by atoms with Gasteiger partial charge in [0.1, 0.15) is 0 Å². The van der Waals surface area contributed by atoms with Gasteiger partial charge in [0.05, 0.1) is 4.90 Å². The van der Waals surface area contributed by atoms with Gasteiger partial charge in [-0.05, 0) is 53.5 Å². The first-order valence-corrected chi connectivity index (χ1v) is 12.9. The van der Waals surface area contributed by atoms with Gasteiger partial charge in [-0.25, -0.2) is 8.42 Å². The molecule has 6 heteroatoms. The van der Waals surface area contributed by atoms with Crippen LogP contribution < -0.4 is 5.32 Å². The summed E-state index contributed by atoms with van der Waals surface area (Å²) < 4.78 is 23.7. The standard InChI is InChI=1S/C23H26N2O2S2/c1-29(26,27)21-7-8-23-22(14-21)19(15-25-23)16-28-12-10-20-13-18(9-11-24-20)17-5-3-2-4-6-17/h2-9,14-15,20,24-25H,10-13,16H2,1H3. The second-order valence-corrected chi connectivity index (χ2v) is 10.7. The van der Waals surface area contributed by atoms with Gasteiger partial charge in [0, 0.05) is 41.7 Å². The monoisotopic (exact) mass is 426 g/mol. The molecular formula is C23H26N2O2S2. The van der Waals surface area contributed by atoms with E-state index in [1.807, 2.05) is 24.0 Å². The van der Waals surface area contributed by atoms with E-state index >= 15 is 0 Å². The molecule has 1 aliphatic heterocycles. The Morgan fingerprint density at radius 1 is 1.14 bits per heavy atom. The number of aromatic amines is 1. The third-order valence-corrected chi connectivity index (χ3v) is 7.55. The summed E-state index contributed by atoms with van der Waals surface area (Å²) in [5.41, 5.74) is 4.91. The summed E-state index contributed by atoms with van der Waals surface area (Å²) in [6, 6.07) is 16.4. The predicted molar refractivity (Wildman–Crippen MR) is 123 cm³/mol. The van der Waals surface area contributed by atoms with Crippen molar-refractivity contribution >= 4 is 38.1 Å². The van der Waals surface area contributed by atoms with Crippen LogP contribution in [0, 0.1) is 0 Å². The minimum atomic E-state index is -3.19. The van der Waals surface area contributed by atoms with E-state index in [0.717, 1.165) is 47.4 Å². The summed E-state index contributed by atoms with van der Waals surface area (Å²) in [7, 11) is -3.19. The summed E-state index contributed by atoms with van der Waals surface area (Å²) in [6.45, 7) is 0.927. The van der Waals surface area contributed by atoms with E-state index < -0.39 is 9.84 Å². The molecule has 4 nitrogen and oxygen atoms in total. The van der Waals surface area contributed by atoms with Crippen LogP contribution in [0.25, 0.3) is 16.5 Å². The number of hydrogen-bond donors (Lipinski definition) is 2. The van der Waals surface area contributed by atoms with Crippen LogP contribution in [0.2, 0.25) is 0 Å². The van der Waals surface area contributed by atoms with Crippen molar-refractivity contribution in [3.63, 3.8) is 0 Å². The minimum Gasteiger partial charge on any atom is -0.361 e. The molecule has 2 N–H and O–H groups in total. The molecule has 0 spiro atoms. The molecule has 0 aliphatic carbocycles. The molecule has 2 heterocycles. The highest BCUT2D eigenvalue weighted by atomic mass is 32.2. The summed E-state index contributed by atoms with van der Waals surface area (Å²) in [5, 5.41) is 4.61. The lowest BCUT2D eigenvalue weighted by atomic mass is 9.94. The van der Waals surface area contributed by atoms with Crippen molar-refractivity contribution in [2.75, 3.05) is 18.6 Å². The first-order valence-electron chi connectivity index (χ1n) is 9.86. The van der Waals surface area contributed by atoms with Gasteiger partial charge < -0.3 is 10.3 Å². The van der Waals surface area contributed by atoms with Crippen LogP contribution in [0.5, 0.6) is 0 Å². The summed E-state index contributed by atoms with van der Waals surface area (Å²) in [5.74, 6) is 1.94. The maximum absolute atomic E-state index is 11.8. The Morgan fingerprint density at radius 2 is 1.97 bits per heavy atom. The van der Waals surface area contributed by atoms with E-state index in [-0.39, 0.29) is 0 Å². The zero-order valence-electron chi connectivity index (χ0n) is 16.5. The van der Waals surface area contributed by atoms with Crippen molar-refractivity contribution in [3.8, 4) is 0 Å². The largest absolute Gasteiger partial charge is 0.361 e. The Balaban J connectivity index is 1.32. The molecule has 0 amide bonds. The Hall–Kier alpha value is -2.02. The Kier molecular flexibility index (Phi) is 6.13. The molecular weight excluding hydrogens is 400 g/mol. The second-order valence-electron chi connectivity index (χ2n) is 7.54. The lowest BCUT2D eigenvalue weighted by Gasteiger charge is -2.24. The number of nitrogens with one attached hydrogen (secondary N) is 2. The van der Waals surface area contributed by atoms with Crippen molar-refractivity contribution in [2.45, 2.75) is 29.5 Å². The lowest BCUT2D eigenvalue weighted by molar-refractivity contribution is 0.525. The zero-order valence-corrected chi connectivity index (χ0v) is 18.2. The van der Waals surface area contributed by atoms with Gasteiger partial charge in [0.15, 0.2) is 9.84 Å². The van der Waals surface area contributed by atoms with Gasteiger partial charge in [-0.15, -0.1) is 0 Å². The molecule has 0 fully saturated rings. The smallest absolute Gasteiger partial charge is 0.175 e. The van der Waals surface area contributed by atoms with Crippen LogP contribution in [0.4, 0.5) is 0 Å². The van der Waals surface area contributed by atoms with Crippen molar-refractivity contribution < 1.29 is 8.42 Å². The highest BCUT2D eigenvalue weighted by molar-refractivity contribution is 7.98. The SMILES string of the molecule is CS(=O)(=O)c1ccc2[nH]cc(CSCCC3CC(c4ccccc4)=CCN3)c2c1. The number of hydrogen-bond acceptors (Lipinski definition) is 4. The summed E-state index contributed by atoms with van der Waals surface area (Å²) in [6.07, 6.45) is 7.73. The van der Waals surface area contributed by atoms with Crippen LogP contribution in [0.3, 0.4) is 0 Å². The lowest BCUT2D eigenvalue weighted by Crippen LogP contribution is -2.33. The van der Waals surface area contributed by atoms with Crippen molar-refractivity contribution in [1.29, 1.82) is 0 Å². The molecule has 1 atom stereocenters. The molecule has 1 aliphatic rings. The van der Waals surface area contributed by atoms with E-state index in [9.17, 15) is 8.42 Å². The van der Waals surface area contributed by atoms with Gasteiger partial charge in [0.2, 0.25) is 0 Å². The van der Waals surface area contributed by atoms with Gasteiger partial charge >= 0.3 is 0 Å². The average molecular weight is 427 g/mol. The number of rotatable bonds is 7. The third kappa shape index (κ3) is 4.94. The Bertz CT molecular complexity index is 1120. The predicted octanol–water partition coefficient (Wildman–Crippen LogP) is 4.64. The molecule has 0 saturated carbocycles. The fraction of sp³-hybridized carbons (Fsp3) is 0.304. The van der Waals surface area contributed by atoms with Gasteiger partial charge in [-0.1, -0.05) is 36.4 Å². The van der Waals surface area contributed by atoms with Crippen LogP contribution in [0.15, 0.2) is 65.7 Å². The molecule has 0 bridgehead atoms. The Morgan fingerprint density at radius 3 is 2.76 bits per heavy atom. The number of thioether (sulfide) groups is 1. The normalized spacial score (nSPS) is 17.4. The maximum Gasteiger partial charge on any atom is 0.175 e. The number of aromatic nitrogens is 1. The first-order chi connectivity index (χ1) is 14.0. The molecule has 4 rings (SSSR count). The van der Waals surface area contributed by atoms with Crippen LogP contribution in [-0.4, -0.2) is 38.0 Å². The molecule has 0 saturated heterocycles. The van der Waals surface area contributed by atoms with E-state index in [1.165, 1.54) is 17.4 Å². The number of fused-ring (bicyclic) bond motifs is 1. The molecule has 29 heavy (non-hydrogen) atoms. The molecule has 3 aromatic rings. The van der Waals surface area contributed by atoms with Crippen molar-refractivity contribution in [1.82, 2.24) is 10.3 Å². The van der Waals surface area contributed by atoms with Crippen molar-refractivity contribution in [3.05, 3.63) is 71.9 Å². The van der Waals surface area contributed by atoms with Gasteiger partial charge in [-0.3, -0.25) is 0 Å². The quantitative estimate of drug-likeness (QED) is 0.540. The fourth-order valence-electron chi connectivity index (χ4n) is 3.78. The maximum atomic E-state index is 11.8. The van der Waals surface area contributed by atoms with E-state index in [1.54, 1.807) is 12.1 Å². The topological polar surface area (TPSA) is 62.0 Å². The minimum absolute atomic E-state index is 0.377. The third-order valence-electron chi connectivity index (χ3n) is 5.40. The molecule has 1 aromatic heterocycles. The summed E-state index contributed by atoms with van der Waals surface area (Å²) >= 11 is 1.90. The van der Waals surface area contributed by atoms with Crippen molar-refractivity contribution in [2.24, 2.45) is 0 Å².